The third kappa shape index (κ3) is 3.82. The number of nitrogens with one attached hydrogen (secondary N) is 2. The molecule has 5 nitrogen and oxygen atoms in total. The Kier molecular flexibility index (Phi) is 5.00. The van der Waals surface area contributed by atoms with Crippen LogP contribution in [-0.2, 0) is 17.8 Å². The van der Waals surface area contributed by atoms with Gasteiger partial charge in [0, 0.05) is 16.6 Å². The van der Waals surface area contributed by atoms with E-state index in [-0.39, 0.29) is 11.8 Å². The van der Waals surface area contributed by atoms with Gasteiger partial charge in [0.1, 0.15) is 11.7 Å². The van der Waals surface area contributed by atoms with Crippen LogP contribution >= 0.6 is 0 Å². The van der Waals surface area contributed by atoms with Crippen LogP contribution in [0.15, 0.2) is 84.9 Å². The van der Waals surface area contributed by atoms with Gasteiger partial charge < -0.3 is 15.2 Å². The summed E-state index contributed by atoms with van der Waals surface area (Å²) in [6.07, 6.45) is 1.29. The molecule has 0 radical (unpaired) electrons. The first-order valence-corrected chi connectivity index (χ1v) is 10.5. The van der Waals surface area contributed by atoms with E-state index in [2.05, 4.69) is 16.4 Å². The Balaban J connectivity index is 1.43. The lowest BCUT2D eigenvalue weighted by molar-refractivity contribution is -0.120. The lowest BCUT2D eigenvalue weighted by Crippen LogP contribution is -2.47. The number of benzene rings is 3. The van der Waals surface area contributed by atoms with Gasteiger partial charge in [-0.2, -0.15) is 0 Å². The van der Waals surface area contributed by atoms with Gasteiger partial charge in [-0.1, -0.05) is 66.7 Å². The average Bonchev–Trinajstić information content (AvgIpc) is 3.20. The number of rotatable bonds is 4. The van der Waals surface area contributed by atoms with E-state index in [1.807, 2.05) is 78.9 Å². The second-order valence-electron chi connectivity index (χ2n) is 7.87. The van der Waals surface area contributed by atoms with Crippen molar-refractivity contribution < 1.29 is 9.59 Å². The zero-order valence-electron chi connectivity index (χ0n) is 17.0. The fourth-order valence-corrected chi connectivity index (χ4v) is 4.21. The van der Waals surface area contributed by atoms with Crippen LogP contribution in [-0.4, -0.2) is 22.8 Å². The molecule has 1 unspecified atom stereocenters. The number of anilines is 1. The van der Waals surface area contributed by atoms with Crippen molar-refractivity contribution in [3.8, 4) is 0 Å². The number of aromatic amines is 1. The van der Waals surface area contributed by atoms with E-state index in [1.165, 1.54) is 0 Å². The maximum atomic E-state index is 13.6. The number of nitrogens with zero attached hydrogens (tertiary/aromatic N) is 1. The minimum absolute atomic E-state index is 0.0849. The maximum Gasteiger partial charge on any atom is 0.268 e. The monoisotopic (exact) mass is 409 g/mol. The molecule has 0 saturated heterocycles. The summed E-state index contributed by atoms with van der Waals surface area (Å²) in [5.74, 6) is -0.349. The van der Waals surface area contributed by atoms with Crippen LogP contribution in [0, 0.1) is 0 Å². The van der Waals surface area contributed by atoms with Gasteiger partial charge in [-0.25, -0.2) is 0 Å². The number of hydrogen-bond donors (Lipinski definition) is 2. The van der Waals surface area contributed by atoms with Gasteiger partial charge in [-0.15, -0.1) is 0 Å². The molecule has 1 aromatic heterocycles. The smallest absolute Gasteiger partial charge is 0.268 e. The molecule has 0 aliphatic carbocycles. The first-order chi connectivity index (χ1) is 15.2. The summed E-state index contributed by atoms with van der Waals surface area (Å²) in [7, 11) is 0. The molecule has 0 spiro atoms. The van der Waals surface area contributed by atoms with E-state index in [4.69, 9.17) is 0 Å². The molecule has 2 N–H and O–H groups in total. The van der Waals surface area contributed by atoms with Gasteiger partial charge in [0.05, 0.1) is 6.54 Å². The van der Waals surface area contributed by atoms with Gasteiger partial charge in [0.2, 0.25) is 5.91 Å². The molecular weight excluding hydrogens is 386 g/mol. The van der Waals surface area contributed by atoms with Gasteiger partial charge >= 0.3 is 0 Å². The van der Waals surface area contributed by atoms with E-state index >= 15 is 0 Å². The van der Waals surface area contributed by atoms with Gasteiger partial charge in [0.15, 0.2) is 0 Å². The molecule has 2 heterocycles. The zero-order chi connectivity index (χ0) is 21.2. The lowest BCUT2D eigenvalue weighted by Gasteiger charge is -2.26. The van der Waals surface area contributed by atoms with E-state index in [0.717, 1.165) is 34.1 Å². The Morgan fingerprint density at radius 1 is 0.968 bits per heavy atom. The van der Waals surface area contributed by atoms with Gasteiger partial charge in [-0.05, 0) is 42.2 Å². The summed E-state index contributed by atoms with van der Waals surface area (Å²) in [6, 6.07) is 26.9. The third-order valence-electron chi connectivity index (χ3n) is 5.81. The second kappa shape index (κ2) is 8.11. The highest BCUT2D eigenvalue weighted by Gasteiger charge is 2.31. The van der Waals surface area contributed by atoms with E-state index < -0.39 is 6.04 Å². The number of aryl methyl sites for hydroxylation is 1. The second-order valence-corrected chi connectivity index (χ2v) is 7.87. The van der Waals surface area contributed by atoms with Crippen molar-refractivity contribution in [2.24, 2.45) is 0 Å². The molecule has 0 fully saturated rings. The van der Waals surface area contributed by atoms with Crippen LogP contribution in [0.4, 0.5) is 5.69 Å². The molecule has 0 bridgehead atoms. The Labute approximate surface area is 180 Å². The van der Waals surface area contributed by atoms with E-state index in [9.17, 15) is 9.59 Å². The predicted molar refractivity (Wildman–Crippen MR) is 122 cm³/mol. The van der Waals surface area contributed by atoms with Gasteiger partial charge in [-0.3, -0.25) is 9.59 Å². The summed E-state index contributed by atoms with van der Waals surface area (Å²) < 4.78 is 0. The summed E-state index contributed by atoms with van der Waals surface area (Å²) in [4.78, 5) is 31.5. The summed E-state index contributed by atoms with van der Waals surface area (Å²) in [6.45, 7) is 0.468. The number of fused-ring (bicyclic) bond motifs is 2. The highest BCUT2D eigenvalue weighted by atomic mass is 16.2. The van der Waals surface area contributed by atoms with Crippen LogP contribution in [0.25, 0.3) is 10.9 Å². The van der Waals surface area contributed by atoms with Gasteiger partial charge in [0.25, 0.3) is 5.91 Å². The first kappa shape index (κ1) is 19.1. The van der Waals surface area contributed by atoms with Crippen molar-refractivity contribution in [3.05, 3.63) is 102 Å². The topological polar surface area (TPSA) is 65.2 Å². The summed E-state index contributed by atoms with van der Waals surface area (Å²) in [5, 5.41) is 3.95. The molecule has 5 heteroatoms. The van der Waals surface area contributed by atoms with Crippen molar-refractivity contribution in [2.75, 3.05) is 4.90 Å². The van der Waals surface area contributed by atoms with Crippen LogP contribution in [0.3, 0.4) is 0 Å². The normalized spacial score (nSPS) is 16.1. The Morgan fingerprint density at radius 3 is 2.55 bits per heavy atom. The van der Waals surface area contributed by atoms with Crippen LogP contribution in [0.1, 0.15) is 28.0 Å². The van der Waals surface area contributed by atoms with Crippen molar-refractivity contribution in [1.29, 1.82) is 0 Å². The van der Waals surface area contributed by atoms with Crippen molar-refractivity contribution in [2.45, 2.75) is 25.4 Å². The van der Waals surface area contributed by atoms with Crippen molar-refractivity contribution >= 4 is 28.4 Å². The fourth-order valence-electron chi connectivity index (χ4n) is 4.21. The molecule has 1 aliphatic heterocycles. The number of amides is 2. The highest BCUT2D eigenvalue weighted by molar-refractivity contribution is 6.04. The minimum atomic E-state index is -0.588. The molecule has 154 valence electrons. The molecule has 5 rings (SSSR count). The quantitative estimate of drug-likeness (QED) is 0.523. The zero-order valence-corrected chi connectivity index (χ0v) is 17.0. The molecule has 2 amide bonds. The summed E-state index contributed by atoms with van der Waals surface area (Å²) in [5.41, 5.74) is 4.45. The van der Waals surface area contributed by atoms with Crippen molar-refractivity contribution in [3.63, 3.8) is 0 Å². The highest BCUT2D eigenvalue weighted by Crippen LogP contribution is 2.28. The Hall–Kier alpha value is -3.86. The molecule has 4 aromatic rings. The van der Waals surface area contributed by atoms with Crippen molar-refractivity contribution in [1.82, 2.24) is 10.3 Å². The van der Waals surface area contributed by atoms with Crippen LogP contribution in [0.2, 0.25) is 0 Å². The number of hydrogen-bond acceptors (Lipinski definition) is 2. The lowest BCUT2D eigenvalue weighted by atomic mass is 10.1. The fraction of sp³-hybridized carbons (Fsp3) is 0.154. The number of H-pyrrole nitrogens is 1. The Morgan fingerprint density at radius 2 is 1.71 bits per heavy atom. The molecule has 31 heavy (non-hydrogen) atoms. The maximum absolute atomic E-state index is 13.6. The molecule has 3 aromatic carbocycles. The predicted octanol–water partition coefficient (Wildman–Crippen LogP) is 4.45. The molecular formula is C26H23N3O2. The molecule has 1 aliphatic rings. The van der Waals surface area contributed by atoms with Crippen LogP contribution in [0.5, 0.6) is 0 Å². The summed E-state index contributed by atoms with van der Waals surface area (Å²) >= 11 is 0. The molecule has 0 saturated carbocycles. The van der Waals surface area contributed by atoms with E-state index in [1.54, 1.807) is 4.90 Å². The minimum Gasteiger partial charge on any atom is -0.351 e. The average molecular weight is 409 g/mol. The van der Waals surface area contributed by atoms with E-state index in [0.29, 0.717) is 18.7 Å². The number of aromatic nitrogens is 1. The largest absolute Gasteiger partial charge is 0.351 e. The third-order valence-corrected chi connectivity index (χ3v) is 5.81. The number of carbonyl (C=O) groups is 2. The standard InChI is InChI=1S/C26H23N3O2/c30-25(23-16-20-11-4-6-12-21(20)27-23)28-22-15-14-19-10-5-7-13-24(19)29(26(22)31)17-18-8-2-1-3-9-18/h1-13,16,22,27H,14-15,17H2,(H,28,30). The number of para-hydroxylation sites is 2. The first-order valence-electron chi connectivity index (χ1n) is 10.5. The number of carbonyl (C=O) groups excluding carboxylic acids is 2. The SMILES string of the molecule is O=C(NC1CCc2ccccc2N(Cc2ccccc2)C1=O)c1cc2ccccc2[nH]1. The Bertz CT molecular complexity index is 1210. The molecule has 1 atom stereocenters. The van der Waals surface area contributed by atoms with Crippen LogP contribution < -0.4 is 10.2 Å².